The predicted octanol–water partition coefficient (Wildman–Crippen LogP) is 2.56. The molecule has 1 heterocycles. The van der Waals surface area contributed by atoms with E-state index < -0.39 is 0 Å². The predicted molar refractivity (Wildman–Crippen MR) is 48.8 cm³/mol. The van der Waals surface area contributed by atoms with Crippen LogP contribution in [0.4, 0.5) is 0 Å². The Labute approximate surface area is 67.3 Å². The van der Waals surface area contributed by atoms with Gasteiger partial charge in [0.1, 0.15) is 4.87 Å². The van der Waals surface area contributed by atoms with Crippen molar-refractivity contribution in [2.45, 2.75) is 37.8 Å². The van der Waals surface area contributed by atoms with Crippen LogP contribution in [0.25, 0.3) is 0 Å². The lowest BCUT2D eigenvalue weighted by molar-refractivity contribution is 0.705. The van der Waals surface area contributed by atoms with Crippen molar-refractivity contribution in [2.24, 2.45) is 10.9 Å². The van der Waals surface area contributed by atoms with E-state index in [4.69, 9.17) is 0 Å². The smallest absolute Gasteiger partial charge is 0.100 e. The van der Waals surface area contributed by atoms with Crippen molar-refractivity contribution in [3.05, 3.63) is 0 Å². The van der Waals surface area contributed by atoms with Gasteiger partial charge in [-0.15, -0.1) is 11.8 Å². The Kier molecular flexibility index (Phi) is 2.09. The molecule has 0 saturated carbocycles. The van der Waals surface area contributed by atoms with Crippen LogP contribution in [0.2, 0.25) is 0 Å². The molecule has 10 heavy (non-hydrogen) atoms. The summed E-state index contributed by atoms with van der Waals surface area (Å²) in [4.78, 5) is 4.54. The summed E-state index contributed by atoms with van der Waals surface area (Å²) >= 11 is 1.95. The van der Waals surface area contributed by atoms with E-state index in [1.807, 2.05) is 11.8 Å². The van der Waals surface area contributed by atoms with Crippen LogP contribution in [-0.4, -0.2) is 16.3 Å². The maximum atomic E-state index is 4.41. The summed E-state index contributed by atoms with van der Waals surface area (Å²) < 4.78 is 0. The third kappa shape index (κ3) is 1.75. The van der Waals surface area contributed by atoms with Crippen molar-refractivity contribution in [3.8, 4) is 0 Å². The minimum Gasteiger partial charge on any atom is -0.279 e. The van der Waals surface area contributed by atoms with E-state index in [2.05, 4.69) is 38.9 Å². The van der Waals surface area contributed by atoms with Crippen molar-refractivity contribution in [1.29, 1.82) is 0 Å². The Hall–Kier alpha value is 0.0200. The van der Waals surface area contributed by atoms with Crippen LogP contribution >= 0.6 is 11.8 Å². The number of rotatable bonds is 1. The molecule has 0 aromatic heterocycles. The van der Waals surface area contributed by atoms with Crippen LogP contribution in [0.3, 0.4) is 0 Å². The number of aliphatic imine (C=N–C) groups is 1. The van der Waals surface area contributed by atoms with Gasteiger partial charge in [-0.1, -0.05) is 13.8 Å². The fourth-order valence-corrected chi connectivity index (χ4v) is 2.14. The van der Waals surface area contributed by atoms with Gasteiger partial charge in [-0.2, -0.15) is 0 Å². The maximum absolute atomic E-state index is 4.41. The average Bonchev–Trinajstić information content (AvgIpc) is 2.10. The molecule has 0 bridgehead atoms. The van der Waals surface area contributed by atoms with Crippen molar-refractivity contribution >= 4 is 18.0 Å². The Morgan fingerprint density at radius 3 is 2.30 bits per heavy atom. The first-order valence-corrected chi connectivity index (χ1v) is 4.62. The lowest BCUT2D eigenvalue weighted by atomic mass is 10.1. The molecule has 0 aromatic rings. The summed E-state index contributed by atoms with van der Waals surface area (Å²) in [7, 11) is 0. The van der Waals surface area contributed by atoms with Gasteiger partial charge < -0.3 is 0 Å². The van der Waals surface area contributed by atoms with E-state index in [-0.39, 0.29) is 4.87 Å². The van der Waals surface area contributed by atoms with Gasteiger partial charge in [0.05, 0.1) is 0 Å². The summed E-state index contributed by atoms with van der Waals surface area (Å²) in [5, 5.41) is 0.634. The second-order valence-corrected chi connectivity index (χ2v) is 5.33. The number of thioether (sulfide) groups is 1. The lowest BCUT2D eigenvalue weighted by Gasteiger charge is -2.17. The first-order chi connectivity index (χ1) is 4.51. The van der Waals surface area contributed by atoms with Crippen LogP contribution in [0.5, 0.6) is 0 Å². The highest BCUT2D eigenvalue weighted by Crippen LogP contribution is 2.37. The highest BCUT2D eigenvalue weighted by Gasteiger charge is 2.28. The summed E-state index contributed by atoms with van der Waals surface area (Å²) in [6, 6.07) is 0. The van der Waals surface area contributed by atoms with Crippen molar-refractivity contribution in [1.82, 2.24) is 0 Å². The molecule has 1 unspecified atom stereocenters. The van der Waals surface area contributed by atoms with Gasteiger partial charge in [0.2, 0.25) is 0 Å². The fourth-order valence-electron chi connectivity index (χ4n) is 0.955. The SMILES string of the molecule is CC(C)C1C=NC(C)(C)S1. The summed E-state index contributed by atoms with van der Waals surface area (Å²) in [6.45, 7) is 8.81. The molecule has 58 valence electrons. The zero-order chi connectivity index (χ0) is 7.78. The van der Waals surface area contributed by atoms with Crippen LogP contribution < -0.4 is 0 Å². The van der Waals surface area contributed by atoms with Crippen LogP contribution in [0, 0.1) is 5.92 Å². The molecule has 1 atom stereocenters. The molecule has 1 aliphatic heterocycles. The fraction of sp³-hybridized carbons (Fsp3) is 0.875. The van der Waals surface area contributed by atoms with Crippen molar-refractivity contribution in [2.75, 3.05) is 0 Å². The van der Waals surface area contributed by atoms with Crippen LogP contribution in [0.1, 0.15) is 27.7 Å². The molecule has 1 nitrogen and oxygen atoms in total. The van der Waals surface area contributed by atoms with E-state index in [0.717, 1.165) is 5.92 Å². The minimum atomic E-state index is 0.134. The van der Waals surface area contributed by atoms with Gasteiger partial charge in [0.15, 0.2) is 0 Å². The lowest BCUT2D eigenvalue weighted by Crippen LogP contribution is -2.13. The van der Waals surface area contributed by atoms with E-state index in [1.165, 1.54) is 0 Å². The first kappa shape index (κ1) is 8.12. The van der Waals surface area contributed by atoms with Gasteiger partial charge in [0.25, 0.3) is 0 Å². The van der Waals surface area contributed by atoms with Crippen LogP contribution in [0.15, 0.2) is 4.99 Å². The summed E-state index contributed by atoms with van der Waals surface area (Å²) in [5.74, 6) is 0.718. The normalized spacial score (nSPS) is 29.9. The Bertz CT molecular complexity index is 149. The zero-order valence-electron chi connectivity index (χ0n) is 7.09. The van der Waals surface area contributed by atoms with Crippen molar-refractivity contribution in [3.63, 3.8) is 0 Å². The highest BCUT2D eigenvalue weighted by atomic mass is 32.2. The zero-order valence-corrected chi connectivity index (χ0v) is 7.90. The largest absolute Gasteiger partial charge is 0.279 e. The Balaban J connectivity index is 2.54. The summed E-state index contributed by atoms with van der Waals surface area (Å²) in [5.41, 5.74) is 0. The topological polar surface area (TPSA) is 12.4 Å². The second kappa shape index (κ2) is 2.57. The van der Waals surface area contributed by atoms with E-state index in [0.29, 0.717) is 5.25 Å². The molecular weight excluding hydrogens is 142 g/mol. The van der Waals surface area contributed by atoms with Gasteiger partial charge >= 0.3 is 0 Å². The molecule has 1 aliphatic rings. The maximum Gasteiger partial charge on any atom is 0.100 e. The minimum absolute atomic E-state index is 0.134. The molecule has 0 aromatic carbocycles. The third-order valence-electron chi connectivity index (χ3n) is 1.61. The number of hydrogen-bond donors (Lipinski definition) is 0. The number of nitrogens with zero attached hydrogens (tertiary/aromatic N) is 1. The Morgan fingerprint density at radius 1 is 1.50 bits per heavy atom. The van der Waals surface area contributed by atoms with Gasteiger partial charge in [-0.3, -0.25) is 4.99 Å². The van der Waals surface area contributed by atoms with E-state index in [9.17, 15) is 0 Å². The summed E-state index contributed by atoms with van der Waals surface area (Å²) in [6.07, 6.45) is 2.09. The highest BCUT2D eigenvalue weighted by molar-refractivity contribution is 8.02. The third-order valence-corrected chi connectivity index (χ3v) is 3.23. The molecule has 0 radical (unpaired) electrons. The van der Waals surface area contributed by atoms with Gasteiger partial charge in [0, 0.05) is 11.5 Å². The van der Waals surface area contributed by atoms with Gasteiger partial charge in [-0.05, 0) is 19.8 Å². The molecule has 0 aliphatic carbocycles. The van der Waals surface area contributed by atoms with E-state index in [1.54, 1.807) is 0 Å². The van der Waals surface area contributed by atoms with E-state index >= 15 is 0 Å². The molecular formula is C8H15NS. The molecule has 0 N–H and O–H groups in total. The monoisotopic (exact) mass is 157 g/mol. The molecule has 0 spiro atoms. The standard InChI is InChI=1S/C8H15NS/c1-6(2)7-5-9-8(3,4)10-7/h5-7H,1-4H3. The van der Waals surface area contributed by atoms with Crippen molar-refractivity contribution < 1.29 is 0 Å². The molecule has 0 saturated heterocycles. The average molecular weight is 157 g/mol. The molecule has 2 heteroatoms. The molecule has 1 rings (SSSR count). The first-order valence-electron chi connectivity index (χ1n) is 3.74. The number of hydrogen-bond acceptors (Lipinski definition) is 2. The Morgan fingerprint density at radius 2 is 2.10 bits per heavy atom. The van der Waals surface area contributed by atoms with Gasteiger partial charge in [-0.25, -0.2) is 0 Å². The quantitative estimate of drug-likeness (QED) is 0.570. The molecule has 0 fully saturated rings. The molecule has 0 amide bonds. The van der Waals surface area contributed by atoms with Crippen LogP contribution in [-0.2, 0) is 0 Å². The second-order valence-electron chi connectivity index (χ2n) is 3.55.